The normalized spacial score (nSPS) is 20.2. The SMILES string of the molecule is CCC1CCC(=O)c2c(nc(NC3CCCC3)n2Cc2cc3c(cc2Cl)OCO3)N(CCO)C1=O. The highest BCUT2D eigenvalue weighted by molar-refractivity contribution is 6.31. The molecule has 10 heteroatoms. The molecule has 2 aliphatic heterocycles. The summed E-state index contributed by atoms with van der Waals surface area (Å²) in [6.07, 6.45) is 5.67. The van der Waals surface area contributed by atoms with Gasteiger partial charge in [0, 0.05) is 29.5 Å². The third kappa shape index (κ3) is 4.59. The van der Waals surface area contributed by atoms with E-state index in [1.165, 1.54) is 4.90 Å². The summed E-state index contributed by atoms with van der Waals surface area (Å²) in [5.74, 6) is 1.58. The van der Waals surface area contributed by atoms with E-state index in [9.17, 15) is 14.7 Å². The van der Waals surface area contributed by atoms with Crippen LogP contribution in [0, 0.1) is 5.92 Å². The molecule has 0 saturated heterocycles. The number of hydrogen-bond acceptors (Lipinski definition) is 7. The van der Waals surface area contributed by atoms with Crippen molar-refractivity contribution in [2.45, 2.75) is 64.5 Å². The molecule has 1 aliphatic carbocycles. The first-order valence-electron chi connectivity index (χ1n) is 12.4. The number of benzene rings is 1. The van der Waals surface area contributed by atoms with Crippen LogP contribution < -0.4 is 19.7 Å². The Morgan fingerprint density at radius 2 is 1.91 bits per heavy atom. The van der Waals surface area contributed by atoms with Crippen LogP contribution in [0.5, 0.6) is 11.5 Å². The van der Waals surface area contributed by atoms with Crippen molar-refractivity contribution in [3.8, 4) is 11.5 Å². The molecule has 0 radical (unpaired) electrons. The van der Waals surface area contributed by atoms with Gasteiger partial charge in [-0.05, 0) is 37.3 Å². The molecule has 1 amide bonds. The number of aliphatic hydroxyl groups excluding tert-OH is 1. The molecule has 1 saturated carbocycles. The summed E-state index contributed by atoms with van der Waals surface area (Å²) in [6.45, 7) is 2.22. The van der Waals surface area contributed by atoms with Crippen molar-refractivity contribution in [1.29, 1.82) is 0 Å². The molecule has 1 fully saturated rings. The van der Waals surface area contributed by atoms with Crippen LogP contribution in [-0.4, -0.2) is 52.3 Å². The average Bonchev–Trinajstić information content (AvgIpc) is 3.58. The number of carbonyl (C=O) groups excluding carboxylic acids is 2. The van der Waals surface area contributed by atoms with Gasteiger partial charge in [0.05, 0.1) is 19.7 Å². The molecular formula is C25H31ClN4O5. The van der Waals surface area contributed by atoms with Gasteiger partial charge in [0.25, 0.3) is 0 Å². The van der Waals surface area contributed by atoms with Crippen molar-refractivity contribution in [2.24, 2.45) is 5.92 Å². The van der Waals surface area contributed by atoms with E-state index in [2.05, 4.69) is 5.32 Å². The van der Waals surface area contributed by atoms with Gasteiger partial charge >= 0.3 is 0 Å². The Morgan fingerprint density at radius 3 is 2.63 bits per heavy atom. The molecule has 0 spiro atoms. The number of aliphatic hydroxyl groups is 1. The Balaban J connectivity index is 1.62. The lowest BCUT2D eigenvalue weighted by molar-refractivity contribution is -0.122. The highest BCUT2D eigenvalue weighted by Crippen LogP contribution is 2.39. The van der Waals surface area contributed by atoms with Crippen LogP contribution in [0.2, 0.25) is 5.02 Å². The number of fused-ring (bicyclic) bond motifs is 2. The Bertz CT molecular complexity index is 1130. The number of ketones is 1. The minimum atomic E-state index is -0.279. The number of amides is 1. The van der Waals surface area contributed by atoms with Crippen LogP contribution in [-0.2, 0) is 11.3 Å². The summed E-state index contributed by atoms with van der Waals surface area (Å²) in [4.78, 5) is 33.2. The number of imidazole rings is 1. The molecule has 3 heterocycles. The van der Waals surface area contributed by atoms with E-state index in [-0.39, 0.29) is 56.6 Å². The first kappa shape index (κ1) is 23.9. The molecule has 2 N–H and O–H groups in total. The maximum absolute atomic E-state index is 13.5. The van der Waals surface area contributed by atoms with Gasteiger partial charge in [-0.3, -0.25) is 14.5 Å². The third-order valence-corrected chi connectivity index (χ3v) is 7.53. The van der Waals surface area contributed by atoms with E-state index < -0.39 is 0 Å². The first-order chi connectivity index (χ1) is 17.0. The van der Waals surface area contributed by atoms with Gasteiger partial charge in [-0.1, -0.05) is 31.4 Å². The Kier molecular flexibility index (Phi) is 6.88. The zero-order valence-corrected chi connectivity index (χ0v) is 20.6. The Labute approximate surface area is 209 Å². The van der Waals surface area contributed by atoms with Gasteiger partial charge in [-0.2, -0.15) is 4.98 Å². The molecule has 5 rings (SSSR count). The van der Waals surface area contributed by atoms with Gasteiger partial charge in [0.2, 0.25) is 18.6 Å². The van der Waals surface area contributed by atoms with Gasteiger partial charge in [0.15, 0.2) is 23.1 Å². The third-order valence-electron chi connectivity index (χ3n) is 7.18. The van der Waals surface area contributed by atoms with E-state index >= 15 is 0 Å². The average molecular weight is 503 g/mol. The standard InChI is InChI=1S/C25H31ClN4O5/c1-2-15-7-8-19(32)22-23(29(9-10-31)24(15)33)28-25(27-17-5-3-4-6-17)30(22)13-16-11-20-21(12-18(16)26)35-14-34-20/h11-12,15,17,31H,2-10,13-14H2,1H3,(H,27,28). The van der Waals surface area contributed by atoms with Crippen LogP contribution in [0.3, 0.4) is 0 Å². The van der Waals surface area contributed by atoms with Crippen LogP contribution in [0.4, 0.5) is 11.8 Å². The summed E-state index contributed by atoms with van der Waals surface area (Å²) in [6, 6.07) is 3.79. The van der Waals surface area contributed by atoms with Gasteiger partial charge in [0.1, 0.15) is 5.69 Å². The fourth-order valence-electron chi connectivity index (χ4n) is 5.24. The number of nitrogens with one attached hydrogen (secondary N) is 1. The fraction of sp³-hybridized carbons (Fsp3) is 0.560. The van der Waals surface area contributed by atoms with E-state index in [1.54, 1.807) is 6.07 Å². The summed E-state index contributed by atoms with van der Waals surface area (Å²) in [5.41, 5.74) is 1.13. The number of hydrogen-bond donors (Lipinski definition) is 2. The molecule has 188 valence electrons. The minimum absolute atomic E-state index is 0.0715. The monoisotopic (exact) mass is 502 g/mol. The molecule has 2 aromatic rings. The molecule has 0 bridgehead atoms. The predicted octanol–water partition coefficient (Wildman–Crippen LogP) is 4.00. The summed E-state index contributed by atoms with van der Waals surface area (Å²) >= 11 is 6.59. The summed E-state index contributed by atoms with van der Waals surface area (Å²) < 4.78 is 12.8. The molecule has 3 aliphatic rings. The van der Waals surface area contributed by atoms with Crippen molar-refractivity contribution in [1.82, 2.24) is 9.55 Å². The summed E-state index contributed by atoms with van der Waals surface area (Å²) in [7, 11) is 0. The number of carbonyl (C=O) groups is 2. The van der Waals surface area contributed by atoms with Gasteiger partial charge in [-0.25, -0.2) is 0 Å². The van der Waals surface area contributed by atoms with Crippen molar-refractivity contribution >= 4 is 35.1 Å². The fourth-order valence-corrected chi connectivity index (χ4v) is 5.45. The van der Waals surface area contributed by atoms with E-state index in [4.69, 9.17) is 26.1 Å². The van der Waals surface area contributed by atoms with Crippen molar-refractivity contribution in [2.75, 3.05) is 30.2 Å². The second kappa shape index (κ2) is 10.1. The lowest BCUT2D eigenvalue weighted by Crippen LogP contribution is -2.40. The number of anilines is 2. The minimum Gasteiger partial charge on any atom is -0.454 e. The quantitative estimate of drug-likeness (QED) is 0.589. The molecular weight excluding hydrogens is 472 g/mol. The second-order valence-electron chi connectivity index (χ2n) is 9.40. The molecule has 9 nitrogen and oxygen atoms in total. The predicted molar refractivity (Wildman–Crippen MR) is 132 cm³/mol. The number of nitrogens with zero attached hydrogens (tertiary/aromatic N) is 3. The number of β-amino-alcohol motifs (C(OH)–C–C–N with tert-alkyl or cyclic N) is 1. The molecule has 1 aromatic carbocycles. The van der Waals surface area contributed by atoms with E-state index in [1.807, 2.05) is 17.6 Å². The van der Waals surface area contributed by atoms with Crippen LogP contribution in [0.25, 0.3) is 0 Å². The van der Waals surface area contributed by atoms with Gasteiger partial charge < -0.3 is 24.5 Å². The second-order valence-corrected chi connectivity index (χ2v) is 9.80. The Morgan fingerprint density at radius 1 is 1.17 bits per heavy atom. The van der Waals surface area contributed by atoms with Crippen LogP contribution in [0.15, 0.2) is 12.1 Å². The number of halogens is 1. The summed E-state index contributed by atoms with van der Waals surface area (Å²) in [5, 5.41) is 13.8. The highest BCUT2D eigenvalue weighted by Gasteiger charge is 2.36. The lowest BCUT2D eigenvalue weighted by Gasteiger charge is -2.27. The largest absolute Gasteiger partial charge is 0.454 e. The van der Waals surface area contributed by atoms with E-state index in [0.717, 1.165) is 31.2 Å². The van der Waals surface area contributed by atoms with Gasteiger partial charge in [-0.15, -0.1) is 0 Å². The van der Waals surface area contributed by atoms with Crippen molar-refractivity contribution in [3.63, 3.8) is 0 Å². The topological polar surface area (TPSA) is 106 Å². The maximum atomic E-state index is 13.5. The number of Topliss-reactive ketones (excluding diaryl/α,β-unsaturated/α-hetero) is 1. The maximum Gasteiger partial charge on any atom is 0.231 e. The zero-order valence-electron chi connectivity index (χ0n) is 19.9. The number of rotatable bonds is 7. The number of ether oxygens (including phenoxy) is 2. The number of aromatic nitrogens is 2. The van der Waals surface area contributed by atoms with Crippen molar-refractivity contribution in [3.05, 3.63) is 28.4 Å². The molecule has 1 aromatic heterocycles. The molecule has 35 heavy (non-hydrogen) atoms. The zero-order chi connectivity index (χ0) is 24.5. The highest BCUT2D eigenvalue weighted by atomic mass is 35.5. The van der Waals surface area contributed by atoms with E-state index in [0.29, 0.717) is 46.8 Å². The van der Waals surface area contributed by atoms with Crippen molar-refractivity contribution < 1.29 is 24.2 Å². The van der Waals surface area contributed by atoms with Crippen LogP contribution in [0.1, 0.15) is 67.9 Å². The lowest BCUT2D eigenvalue weighted by atomic mass is 9.94. The molecule has 1 atom stereocenters. The molecule has 1 unspecified atom stereocenters. The Hall–Kier alpha value is -2.78. The first-order valence-corrected chi connectivity index (χ1v) is 12.8. The van der Waals surface area contributed by atoms with Crippen LogP contribution >= 0.6 is 11.6 Å². The smallest absolute Gasteiger partial charge is 0.231 e.